The largest absolute Gasteiger partial charge is 0.398 e. The summed E-state index contributed by atoms with van der Waals surface area (Å²) < 4.78 is 27.1. The Morgan fingerprint density at radius 1 is 1.30 bits per heavy atom. The number of hydrogen-bond donors (Lipinski definition) is 1. The summed E-state index contributed by atoms with van der Waals surface area (Å²) in [5.74, 6) is 0. The second kappa shape index (κ2) is 6.56. The Hall–Kier alpha value is -1.11. The summed E-state index contributed by atoms with van der Waals surface area (Å²) in [6, 6.07) is 4.92. The van der Waals surface area contributed by atoms with Crippen molar-refractivity contribution in [3.63, 3.8) is 0 Å². The average Bonchev–Trinajstić information content (AvgIpc) is 2.31. The van der Waals surface area contributed by atoms with E-state index in [1.165, 1.54) is 4.31 Å². The van der Waals surface area contributed by atoms with Gasteiger partial charge in [0.05, 0.1) is 4.90 Å². The standard InChI is InChI=1S/C14H25N3O2S/c1-6-17(11(2)10-16(4)5)20(18,19)14-9-7-8-13(15)12(14)3/h7-9,11H,6,10,15H2,1-5H3. The minimum absolute atomic E-state index is 0.0965. The van der Waals surface area contributed by atoms with Gasteiger partial charge in [-0.2, -0.15) is 4.31 Å². The number of benzene rings is 1. The molecule has 0 saturated heterocycles. The molecule has 0 amide bonds. The number of anilines is 1. The third-order valence-corrected chi connectivity index (χ3v) is 5.58. The molecule has 0 saturated carbocycles. The number of nitrogens with zero attached hydrogens (tertiary/aromatic N) is 2. The van der Waals surface area contributed by atoms with Crippen molar-refractivity contribution in [2.24, 2.45) is 0 Å². The zero-order chi connectivity index (χ0) is 15.5. The quantitative estimate of drug-likeness (QED) is 0.809. The van der Waals surface area contributed by atoms with Crippen LogP contribution < -0.4 is 5.73 Å². The van der Waals surface area contributed by atoms with Crippen molar-refractivity contribution < 1.29 is 8.42 Å². The molecule has 5 nitrogen and oxygen atoms in total. The average molecular weight is 299 g/mol. The van der Waals surface area contributed by atoms with Gasteiger partial charge in [-0.3, -0.25) is 0 Å². The van der Waals surface area contributed by atoms with Crippen molar-refractivity contribution in [2.45, 2.75) is 31.7 Å². The van der Waals surface area contributed by atoms with Crippen molar-refractivity contribution in [1.82, 2.24) is 9.21 Å². The third-order valence-electron chi connectivity index (χ3n) is 3.35. The summed E-state index contributed by atoms with van der Waals surface area (Å²) >= 11 is 0. The maximum atomic E-state index is 12.8. The molecule has 0 fully saturated rings. The molecule has 0 spiro atoms. The summed E-state index contributed by atoms with van der Waals surface area (Å²) in [7, 11) is 0.344. The molecule has 1 rings (SSSR count). The van der Waals surface area contributed by atoms with E-state index in [1.54, 1.807) is 25.1 Å². The molecule has 114 valence electrons. The lowest BCUT2D eigenvalue weighted by Gasteiger charge is -2.29. The fraction of sp³-hybridized carbons (Fsp3) is 0.571. The van der Waals surface area contributed by atoms with Gasteiger partial charge in [-0.25, -0.2) is 8.42 Å². The van der Waals surface area contributed by atoms with E-state index in [0.717, 1.165) is 0 Å². The molecule has 0 radical (unpaired) electrons. The maximum Gasteiger partial charge on any atom is 0.243 e. The van der Waals surface area contributed by atoms with Crippen LogP contribution >= 0.6 is 0 Å². The lowest BCUT2D eigenvalue weighted by atomic mass is 10.2. The van der Waals surface area contributed by atoms with Crippen LogP contribution in [0.5, 0.6) is 0 Å². The van der Waals surface area contributed by atoms with E-state index < -0.39 is 10.0 Å². The molecule has 1 atom stereocenters. The van der Waals surface area contributed by atoms with Crippen LogP contribution in [0.1, 0.15) is 19.4 Å². The Morgan fingerprint density at radius 3 is 2.40 bits per heavy atom. The molecule has 0 aromatic heterocycles. The molecule has 0 aliphatic rings. The molecular weight excluding hydrogens is 274 g/mol. The minimum Gasteiger partial charge on any atom is -0.398 e. The number of nitrogen functional groups attached to an aromatic ring is 1. The van der Waals surface area contributed by atoms with Crippen LogP contribution in [0.2, 0.25) is 0 Å². The first-order valence-corrected chi connectivity index (χ1v) is 8.17. The Morgan fingerprint density at radius 2 is 1.90 bits per heavy atom. The van der Waals surface area contributed by atoms with Crippen molar-refractivity contribution in [3.8, 4) is 0 Å². The number of nitrogens with two attached hydrogens (primary N) is 1. The van der Waals surface area contributed by atoms with Gasteiger partial charge in [-0.1, -0.05) is 13.0 Å². The Kier molecular flexibility index (Phi) is 5.56. The van der Waals surface area contributed by atoms with Gasteiger partial charge in [0, 0.05) is 24.8 Å². The summed E-state index contributed by atoms with van der Waals surface area (Å²) in [6.07, 6.45) is 0. The number of hydrogen-bond acceptors (Lipinski definition) is 4. The molecule has 1 unspecified atom stereocenters. The lowest BCUT2D eigenvalue weighted by molar-refractivity contribution is 0.271. The van der Waals surface area contributed by atoms with Crippen LogP contribution in [0, 0.1) is 6.92 Å². The van der Waals surface area contributed by atoms with Crippen LogP contribution in [-0.2, 0) is 10.0 Å². The van der Waals surface area contributed by atoms with Gasteiger partial charge >= 0.3 is 0 Å². The van der Waals surface area contributed by atoms with Crippen LogP contribution in [0.4, 0.5) is 5.69 Å². The molecule has 0 aliphatic heterocycles. The Bertz CT molecular complexity index is 556. The van der Waals surface area contributed by atoms with E-state index in [-0.39, 0.29) is 6.04 Å². The minimum atomic E-state index is -3.52. The zero-order valence-corrected chi connectivity index (χ0v) is 13.7. The third kappa shape index (κ3) is 3.50. The zero-order valence-electron chi connectivity index (χ0n) is 12.9. The first kappa shape index (κ1) is 16.9. The fourth-order valence-corrected chi connectivity index (χ4v) is 4.26. The molecule has 0 aliphatic carbocycles. The second-order valence-electron chi connectivity index (χ2n) is 5.29. The van der Waals surface area contributed by atoms with E-state index in [2.05, 4.69) is 0 Å². The molecule has 20 heavy (non-hydrogen) atoms. The van der Waals surface area contributed by atoms with Crippen LogP contribution in [0.25, 0.3) is 0 Å². The van der Waals surface area contributed by atoms with Gasteiger partial charge in [0.25, 0.3) is 0 Å². The summed E-state index contributed by atoms with van der Waals surface area (Å²) in [5.41, 5.74) is 6.94. The Balaban J connectivity index is 3.22. The first-order valence-electron chi connectivity index (χ1n) is 6.73. The lowest BCUT2D eigenvalue weighted by Crippen LogP contribution is -2.43. The van der Waals surface area contributed by atoms with Gasteiger partial charge in [0.1, 0.15) is 0 Å². The highest BCUT2D eigenvalue weighted by Crippen LogP contribution is 2.25. The molecule has 0 bridgehead atoms. The number of rotatable bonds is 6. The van der Waals surface area contributed by atoms with Crippen LogP contribution in [0.15, 0.2) is 23.1 Å². The van der Waals surface area contributed by atoms with Gasteiger partial charge < -0.3 is 10.6 Å². The van der Waals surface area contributed by atoms with Gasteiger partial charge in [0.2, 0.25) is 10.0 Å². The van der Waals surface area contributed by atoms with Crippen molar-refractivity contribution >= 4 is 15.7 Å². The van der Waals surface area contributed by atoms with E-state index >= 15 is 0 Å². The highest BCUT2D eigenvalue weighted by atomic mass is 32.2. The van der Waals surface area contributed by atoms with Gasteiger partial charge in [-0.15, -0.1) is 0 Å². The van der Waals surface area contributed by atoms with E-state index in [0.29, 0.717) is 29.2 Å². The van der Waals surface area contributed by atoms with Gasteiger partial charge in [0.15, 0.2) is 0 Å². The van der Waals surface area contributed by atoms with E-state index in [9.17, 15) is 8.42 Å². The van der Waals surface area contributed by atoms with Crippen molar-refractivity contribution in [3.05, 3.63) is 23.8 Å². The number of likely N-dealkylation sites (N-methyl/N-ethyl adjacent to an activating group) is 2. The summed E-state index contributed by atoms with van der Waals surface area (Å²) in [4.78, 5) is 2.28. The topological polar surface area (TPSA) is 66.6 Å². The first-order chi connectivity index (χ1) is 9.21. The van der Waals surface area contributed by atoms with Crippen LogP contribution in [-0.4, -0.2) is 50.8 Å². The second-order valence-corrected chi connectivity index (χ2v) is 7.15. The molecular formula is C14H25N3O2S. The van der Waals surface area contributed by atoms with E-state index in [4.69, 9.17) is 5.73 Å². The van der Waals surface area contributed by atoms with Crippen molar-refractivity contribution in [1.29, 1.82) is 0 Å². The smallest absolute Gasteiger partial charge is 0.243 e. The SMILES string of the molecule is CCN(C(C)CN(C)C)S(=O)(=O)c1cccc(N)c1C. The molecule has 0 heterocycles. The summed E-state index contributed by atoms with van der Waals surface area (Å²) in [6.45, 7) is 6.63. The van der Waals surface area contributed by atoms with Gasteiger partial charge in [-0.05, 0) is 45.6 Å². The molecule has 1 aromatic carbocycles. The maximum absolute atomic E-state index is 12.8. The van der Waals surface area contributed by atoms with Crippen molar-refractivity contribution in [2.75, 3.05) is 32.9 Å². The molecule has 6 heteroatoms. The van der Waals surface area contributed by atoms with Crippen LogP contribution in [0.3, 0.4) is 0 Å². The number of sulfonamides is 1. The predicted molar refractivity (Wildman–Crippen MR) is 83.2 cm³/mol. The fourth-order valence-electron chi connectivity index (χ4n) is 2.38. The predicted octanol–water partition coefficient (Wildman–Crippen LogP) is 1.54. The molecule has 1 aromatic rings. The highest BCUT2D eigenvalue weighted by molar-refractivity contribution is 7.89. The Labute approximate surface area is 122 Å². The molecule has 2 N–H and O–H groups in total. The monoisotopic (exact) mass is 299 g/mol. The van der Waals surface area contributed by atoms with E-state index in [1.807, 2.05) is 32.8 Å². The summed E-state index contributed by atoms with van der Waals surface area (Å²) in [5, 5.41) is 0. The highest BCUT2D eigenvalue weighted by Gasteiger charge is 2.29. The normalized spacial score (nSPS) is 13.9.